The number of urea groups is 1. The molecule has 24 heavy (non-hydrogen) atoms. The van der Waals surface area contributed by atoms with Gasteiger partial charge in [-0.25, -0.2) is 4.79 Å². The predicted molar refractivity (Wildman–Crippen MR) is 96.2 cm³/mol. The van der Waals surface area contributed by atoms with E-state index in [2.05, 4.69) is 26.1 Å². The van der Waals surface area contributed by atoms with Gasteiger partial charge in [0, 0.05) is 37.7 Å². The van der Waals surface area contributed by atoms with E-state index in [1.165, 1.54) is 0 Å². The van der Waals surface area contributed by atoms with Crippen molar-refractivity contribution < 1.29 is 9.59 Å². The maximum absolute atomic E-state index is 12.4. The van der Waals surface area contributed by atoms with E-state index in [9.17, 15) is 9.59 Å². The number of benzene rings is 1. The fraction of sp³-hybridized carbons (Fsp3) is 0.556. The van der Waals surface area contributed by atoms with E-state index in [0.717, 1.165) is 5.56 Å². The van der Waals surface area contributed by atoms with Crippen LogP contribution in [0.15, 0.2) is 24.3 Å². The van der Waals surface area contributed by atoms with E-state index in [1.807, 2.05) is 18.2 Å². The molecular weight excluding hydrogens is 326 g/mol. The van der Waals surface area contributed by atoms with Crippen LogP contribution in [0.25, 0.3) is 0 Å². The standard InChI is InChI=1S/C18H26ClN3O2/c1-18(2,3)13-20-17(24)22-10-8-21(9-11-22)16(23)12-14-6-4-5-7-15(14)19/h4-7H,8-13H2,1-3H3,(H,20,24). The molecule has 0 unspecified atom stereocenters. The highest BCUT2D eigenvalue weighted by atomic mass is 35.5. The van der Waals surface area contributed by atoms with E-state index >= 15 is 0 Å². The van der Waals surface area contributed by atoms with Crippen molar-refractivity contribution in [1.29, 1.82) is 0 Å². The Kier molecular flexibility index (Phi) is 6.10. The summed E-state index contributed by atoms with van der Waals surface area (Å²) in [5.41, 5.74) is 0.900. The van der Waals surface area contributed by atoms with Gasteiger partial charge in [-0.1, -0.05) is 50.6 Å². The molecule has 1 aromatic carbocycles. The Bertz CT molecular complexity index is 590. The first-order valence-electron chi connectivity index (χ1n) is 8.30. The molecule has 2 rings (SSSR count). The van der Waals surface area contributed by atoms with E-state index < -0.39 is 0 Å². The van der Waals surface area contributed by atoms with Crippen LogP contribution in [0.2, 0.25) is 5.02 Å². The summed E-state index contributed by atoms with van der Waals surface area (Å²) in [5.74, 6) is 0.0536. The van der Waals surface area contributed by atoms with Gasteiger partial charge in [-0.3, -0.25) is 4.79 Å². The van der Waals surface area contributed by atoms with Gasteiger partial charge in [0.2, 0.25) is 5.91 Å². The molecule has 1 aliphatic rings. The molecule has 1 saturated heterocycles. The SMILES string of the molecule is CC(C)(C)CNC(=O)N1CCN(C(=O)Cc2ccccc2Cl)CC1. The zero-order valence-electron chi connectivity index (χ0n) is 14.6. The molecule has 6 heteroatoms. The first kappa shape index (κ1) is 18.6. The molecule has 5 nitrogen and oxygen atoms in total. The third kappa shape index (κ3) is 5.41. The lowest BCUT2D eigenvalue weighted by atomic mass is 9.97. The van der Waals surface area contributed by atoms with Crippen LogP contribution in [0.4, 0.5) is 4.79 Å². The molecule has 0 aliphatic carbocycles. The zero-order valence-corrected chi connectivity index (χ0v) is 15.4. The number of carbonyl (C=O) groups excluding carboxylic acids is 2. The van der Waals surface area contributed by atoms with E-state index in [0.29, 0.717) is 44.2 Å². The van der Waals surface area contributed by atoms with Crippen LogP contribution in [-0.2, 0) is 11.2 Å². The molecule has 1 N–H and O–H groups in total. The molecule has 0 saturated carbocycles. The fourth-order valence-corrected chi connectivity index (χ4v) is 2.73. The van der Waals surface area contributed by atoms with Crippen LogP contribution in [0.1, 0.15) is 26.3 Å². The minimum atomic E-state index is -0.0527. The maximum Gasteiger partial charge on any atom is 0.317 e. The minimum Gasteiger partial charge on any atom is -0.339 e. The van der Waals surface area contributed by atoms with Gasteiger partial charge in [0.15, 0.2) is 0 Å². The number of hydrogen-bond donors (Lipinski definition) is 1. The summed E-state index contributed by atoms with van der Waals surface area (Å²) < 4.78 is 0. The molecule has 1 aliphatic heterocycles. The second kappa shape index (κ2) is 7.88. The van der Waals surface area contributed by atoms with Crippen LogP contribution >= 0.6 is 11.6 Å². The van der Waals surface area contributed by atoms with Crippen LogP contribution in [0.3, 0.4) is 0 Å². The van der Waals surface area contributed by atoms with E-state index in [-0.39, 0.29) is 17.4 Å². The molecular formula is C18H26ClN3O2. The van der Waals surface area contributed by atoms with Crippen LogP contribution in [-0.4, -0.2) is 54.5 Å². The van der Waals surface area contributed by atoms with Crippen LogP contribution in [0.5, 0.6) is 0 Å². The predicted octanol–water partition coefficient (Wildman–Crippen LogP) is 2.78. The average molecular weight is 352 g/mol. The van der Waals surface area contributed by atoms with Gasteiger partial charge < -0.3 is 15.1 Å². The van der Waals surface area contributed by atoms with Crippen molar-refractivity contribution in [2.45, 2.75) is 27.2 Å². The molecule has 1 aromatic rings. The maximum atomic E-state index is 12.4. The Hall–Kier alpha value is -1.75. The van der Waals surface area contributed by atoms with Gasteiger partial charge in [0.25, 0.3) is 0 Å². The average Bonchev–Trinajstić information content (AvgIpc) is 2.54. The number of carbonyl (C=O) groups is 2. The summed E-state index contributed by atoms with van der Waals surface area (Å²) in [6, 6.07) is 7.35. The zero-order chi connectivity index (χ0) is 17.7. The second-order valence-corrected chi connectivity index (χ2v) is 7.76. The van der Waals surface area contributed by atoms with Gasteiger partial charge in [-0.15, -0.1) is 0 Å². The number of nitrogens with zero attached hydrogens (tertiary/aromatic N) is 2. The van der Waals surface area contributed by atoms with Crippen molar-refractivity contribution in [3.8, 4) is 0 Å². The Morgan fingerprint density at radius 3 is 2.25 bits per heavy atom. The largest absolute Gasteiger partial charge is 0.339 e. The Morgan fingerprint density at radius 2 is 1.67 bits per heavy atom. The molecule has 0 aromatic heterocycles. The molecule has 0 bridgehead atoms. The Balaban J connectivity index is 1.81. The van der Waals surface area contributed by atoms with Crippen molar-refractivity contribution in [2.75, 3.05) is 32.7 Å². The van der Waals surface area contributed by atoms with E-state index in [1.54, 1.807) is 15.9 Å². The van der Waals surface area contributed by atoms with Gasteiger partial charge in [0.05, 0.1) is 6.42 Å². The topological polar surface area (TPSA) is 52.7 Å². The lowest BCUT2D eigenvalue weighted by Gasteiger charge is -2.35. The highest BCUT2D eigenvalue weighted by Crippen LogP contribution is 2.17. The molecule has 1 heterocycles. The first-order chi connectivity index (χ1) is 11.3. The summed E-state index contributed by atoms with van der Waals surface area (Å²) >= 11 is 6.11. The summed E-state index contributed by atoms with van der Waals surface area (Å²) in [6.45, 7) is 9.13. The molecule has 1 fully saturated rings. The van der Waals surface area contributed by atoms with Crippen molar-refractivity contribution in [3.63, 3.8) is 0 Å². The highest BCUT2D eigenvalue weighted by Gasteiger charge is 2.25. The summed E-state index contributed by atoms with van der Waals surface area (Å²) in [7, 11) is 0. The number of hydrogen-bond acceptors (Lipinski definition) is 2. The fourth-order valence-electron chi connectivity index (χ4n) is 2.53. The van der Waals surface area contributed by atoms with Crippen molar-refractivity contribution in [3.05, 3.63) is 34.9 Å². The summed E-state index contributed by atoms with van der Waals surface area (Å²) in [6.07, 6.45) is 0.301. The quantitative estimate of drug-likeness (QED) is 0.910. The second-order valence-electron chi connectivity index (χ2n) is 7.36. The number of halogens is 1. The van der Waals surface area contributed by atoms with E-state index in [4.69, 9.17) is 11.6 Å². The van der Waals surface area contributed by atoms with Gasteiger partial charge >= 0.3 is 6.03 Å². The van der Waals surface area contributed by atoms with Crippen LogP contribution in [0, 0.1) is 5.41 Å². The third-order valence-corrected chi connectivity index (χ3v) is 4.36. The lowest BCUT2D eigenvalue weighted by Crippen LogP contribution is -2.54. The molecule has 0 atom stereocenters. The molecule has 0 spiro atoms. The Morgan fingerprint density at radius 1 is 1.08 bits per heavy atom. The number of piperazine rings is 1. The molecule has 0 radical (unpaired) electrons. The normalized spacial score (nSPS) is 15.3. The summed E-state index contributed by atoms with van der Waals surface area (Å²) in [5, 5.41) is 3.57. The van der Waals surface area contributed by atoms with Crippen LogP contribution < -0.4 is 5.32 Å². The third-order valence-electron chi connectivity index (χ3n) is 3.99. The molecule has 3 amide bonds. The first-order valence-corrected chi connectivity index (χ1v) is 8.68. The highest BCUT2D eigenvalue weighted by molar-refractivity contribution is 6.31. The number of amides is 3. The Labute approximate surface area is 149 Å². The number of rotatable bonds is 3. The van der Waals surface area contributed by atoms with Gasteiger partial charge in [-0.2, -0.15) is 0 Å². The minimum absolute atomic E-state index is 0.0527. The van der Waals surface area contributed by atoms with Crippen molar-refractivity contribution in [1.82, 2.24) is 15.1 Å². The molecule has 132 valence electrons. The van der Waals surface area contributed by atoms with Crippen molar-refractivity contribution in [2.24, 2.45) is 5.41 Å². The van der Waals surface area contributed by atoms with Gasteiger partial charge in [-0.05, 0) is 17.0 Å². The van der Waals surface area contributed by atoms with Gasteiger partial charge in [0.1, 0.15) is 0 Å². The smallest absolute Gasteiger partial charge is 0.317 e. The lowest BCUT2D eigenvalue weighted by molar-refractivity contribution is -0.131. The van der Waals surface area contributed by atoms with Crippen molar-refractivity contribution >= 4 is 23.5 Å². The number of nitrogens with one attached hydrogen (secondary N) is 1. The summed E-state index contributed by atoms with van der Waals surface area (Å²) in [4.78, 5) is 28.1. The monoisotopic (exact) mass is 351 g/mol.